The summed E-state index contributed by atoms with van der Waals surface area (Å²) in [6, 6.07) is 9.73. The van der Waals surface area contributed by atoms with Crippen LogP contribution in [0.25, 0.3) is 10.9 Å². The van der Waals surface area contributed by atoms with Crippen molar-refractivity contribution < 1.29 is 0 Å². The molecule has 0 aliphatic heterocycles. The summed E-state index contributed by atoms with van der Waals surface area (Å²) in [6.07, 6.45) is 2.73. The van der Waals surface area contributed by atoms with E-state index in [4.69, 9.17) is 0 Å². The second kappa shape index (κ2) is 5.69. The fourth-order valence-electron chi connectivity index (χ4n) is 2.46. The molecule has 0 spiro atoms. The molecule has 0 saturated heterocycles. The highest BCUT2D eigenvalue weighted by atomic mass is 32.1. The number of para-hydroxylation sites is 1. The zero-order valence-corrected chi connectivity index (χ0v) is 12.9. The molecular weight excluding hydrogens is 282 g/mol. The fraction of sp³-hybridized carbons (Fsp3) is 0.250. The molecular formula is C16H17N3OS. The minimum Gasteiger partial charge on any atom is -0.375 e. The zero-order chi connectivity index (χ0) is 14.8. The van der Waals surface area contributed by atoms with Gasteiger partial charge in [-0.2, -0.15) is 0 Å². The van der Waals surface area contributed by atoms with Crippen LogP contribution in [0, 0.1) is 0 Å². The minimum absolute atomic E-state index is 0.00908. The first-order valence-electron chi connectivity index (χ1n) is 6.95. The van der Waals surface area contributed by atoms with Crippen LogP contribution in [0.4, 0.5) is 5.69 Å². The topological polar surface area (TPSA) is 46.9 Å². The van der Waals surface area contributed by atoms with Crippen molar-refractivity contribution in [2.45, 2.75) is 19.4 Å². The molecule has 2 aromatic heterocycles. The minimum atomic E-state index is -0.00908. The van der Waals surface area contributed by atoms with Gasteiger partial charge in [0.1, 0.15) is 5.01 Å². The molecule has 3 aromatic rings. The van der Waals surface area contributed by atoms with Crippen LogP contribution in [-0.4, -0.2) is 9.55 Å². The third-order valence-corrected chi connectivity index (χ3v) is 4.53. The van der Waals surface area contributed by atoms with E-state index in [0.29, 0.717) is 0 Å². The van der Waals surface area contributed by atoms with Crippen molar-refractivity contribution in [1.29, 1.82) is 0 Å². The van der Waals surface area contributed by atoms with E-state index >= 15 is 0 Å². The Morgan fingerprint density at radius 3 is 2.90 bits per heavy atom. The third kappa shape index (κ3) is 2.56. The number of pyridine rings is 1. The van der Waals surface area contributed by atoms with Gasteiger partial charge in [-0.05, 0) is 12.5 Å². The number of aromatic nitrogens is 2. The summed E-state index contributed by atoms with van der Waals surface area (Å²) >= 11 is 1.63. The number of benzene rings is 1. The van der Waals surface area contributed by atoms with Crippen LogP contribution in [0.3, 0.4) is 0 Å². The molecule has 0 amide bonds. The van der Waals surface area contributed by atoms with Gasteiger partial charge in [0.15, 0.2) is 0 Å². The van der Waals surface area contributed by atoms with Crippen molar-refractivity contribution in [2.24, 2.45) is 7.05 Å². The summed E-state index contributed by atoms with van der Waals surface area (Å²) in [4.78, 5) is 16.5. The number of aryl methyl sites for hydroxylation is 1. The van der Waals surface area contributed by atoms with Crippen LogP contribution in [0.15, 0.2) is 46.7 Å². The highest BCUT2D eigenvalue weighted by Crippen LogP contribution is 2.28. The number of hydrogen-bond acceptors (Lipinski definition) is 4. The Morgan fingerprint density at radius 2 is 2.19 bits per heavy atom. The molecule has 5 heteroatoms. The molecule has 21 heavy (non-hydrogen) atoms. The fourth-order valence-corrected chi connectivity index (χ4v) is 3.24. The molecule has 3 rings (SSSR count). The van der Waals surface area contributed by atoms with Crippen LogP contribution < -0.4 is 10.9 Å². The van der Waals surface area contributed by atoms with Gasteiger partial charge in [0.25, 0.3) is 5.56 Å². The predicted octanol–water partition coefficient (Wildman–Crippen LogP) is 3.56. The third-order valence-electron chi connectivity index (χ3n) is 3.64. The van der Waals surface area contributed by atoms with Crippen LogP contribution in [0.5, 0.6) is 0 Å². The number of thiazole rings is 1. The smallest absolute Gasteiger partial charge is 0.252 e. The molecule has 0 fully saturated rings. The van der Waals surface area contributed by atoms with E-state index in [2.05, 4.69) is 17.2 Å². The van der Waals surface area contributed by atoms with Crippen molar-refractivity contribution in [1.82, 2.24) is 9.55 Å². The lowest BCUT2D eigenvalue weighted by atomic mass is 10.1. The van der Waals surface area contributed by atoms with Crippen LogP contribution in [0.2, 0.25) is 0 Å². The van der Waals surface area contributed by atoms with Gasteiger partial charge in [-0.15, -0.1) is 11.3 Å². The van der Waals surface area contributed by atoms with E-state index in [0.717, 1.165) is 28.0 Å². The van der Waals surface area contributed by atoms with Gasteiger partial charge in [-0.25, -0.2) is 4.98 Å². The van der Waals surface area contributed by atoms with Gasteiger partial charge in [0, 0.05) is 35.8 Å². The van der Waals surface area contributed by atoms with Gasteiger partial charge >= 0.3 is 0 Å². The molecule has 0 aliphatic rings. The Bertz CT molecular complexity index is 808. The number of rotatable bonds is 4. The Balaban J connectivity index is 2.08. The lowest BCUT2D eigenvalue weighted by molar-refractivity contribution is 0.742. The number of nitrogens with zero attached hydrogens (tertiary/aromatic N) is 2. The van der Waals surface area contributed by atoms with Gasteiger partial charge < -0.3 is 9.88 Å². The lowest BCUT2D eigenvalue weighted by Gasteiger charge is -2.18. The molecule has 1 unspecified atom stereocenters. The number of hydrogen-bond donors (Lipinski definition) is 1. The highest BCUT2D eigenvalue weighted by Gasteiger charge is 2.14. The Labute approximate surface area is 127 Å². The maximum absolute atomic E-state index is 12.1. The maximum atomic E-state index is 12.1. The molecule has 0 bridgehead atoms. The highest BCUT2D eigenvalue weighted by molar-refractivity contribution is 7.09. The monoisotopic (exact) mass is 299 g/mol. The van der Waals surface area contributed by atoms with Crippen LogP contribution in [-0.2, 0) is 7.05 Å². The molecule has 4 nitrogen and oxygen atoms in total. The van der Waals surface area contributed by atoms with Crippen molar-refractivity contribution >= 4 is 27.9 Å². The number of fused-ring (bicyclic) bond motifs is 1. The number of anilines is 1. The second-order valence-corrected chi connectivity index (χ2v) is 5.87. The van der Waals surface area contributed by atoms with E-state index in [1.807, 2.05) is 35.8 Å². The zero-order valence-electron chi connectivity index (χ0n) is 12.0. The Hall–Kier alpha value is -2.14. The summed E-state index contributed by atoms with van der Waals surface area (Å²) in [5.41, 5.74) is 1.79. The van der Waals surface area contributed by atoms with E-state index in [1.165, 1.54) is 0 Å². The van der Waals surface area contributed by atoms with E-state index in [9.17, 15) is 4.79 Å². The van der Waals surface area contributed by atoms with Gasteiger partial charge in [-0.3, -0.25) is 4.79 Å². The molecule has 0 radical (unpaired) electrons. The lowest BCUT2D eigenvalue weighted by Crippen LogP contribution is -2.19. The van der Waals surface area contributed by atoms with Gasteiger partial charge in [0.05, 0.1) is 11.6 Å². The molecule has 2 heterocycles. The van der Waals surface area contributed by atoms with Crippen molar-refractivity contribution in [3.63, 3.8) is 0 Å². The standard InChI is InChI=1S/C16H17N3OS/c1-3-12(16-17-8-9-21-16)18-13-10-15(20)19(2)14-7-5-4-6-11(13)14/h4-10,12,18H,3H2,1-2H3. The van der Waals surface area contributed by atoms with Crippen molar-refractivity contribution in [3.8, 4) is 0 Å². The average Bonchev–Trinajstić information content (AvgIpc) is 3.03. The molecule has 1 aromatic carbocycles. The first-order valence-corrected chi connectivity index (χ1v) is 7.83. The first kappa shape index (κ1) is 13.8. The van der Waals surface area contributed by atoms with Crippen LogP contribution >= 0.6 is 11.3 Å². The summed E-state index contributed by atoms with van der Waals surface area (Å²) in [5, 5.41) is 7.55. The molecule has 1 N–H and O–H groups in total. The summed E-state index contributed by atoms with van der Waals surface area (Å²) < 4.78 is 1.67. The van der Waals surface area contributed by atoms with Gasteiger partial charge in [-0.1, -0.05) is 25.1 Å². The largest absolute Gasteiger partial charge is 0.375 e. The normalized spacial score (nSPS) is 12.5. The average molecular weight is 299 g/mol. The quantitative estimate of drug-likeness (QED) is 0.801. The predicted molar refractivity (Wildman–Crippen MR) is 88.0 cm³/mol. The summed E-state index contributed by atoms with van der Waals surface area (Å²) in [7, 11) is 1.80. The SMILES string of the molecule is CCC(Nc1cc(=O)n(C)c2ccccc12)c1nccs1. The first-order chi connectivity index (χ1) is 10.2. The van der Waals surface area contributed by atoms with Gasteiger partial charge in [0.2, 0.25) is 0 Å². The Morgan fingerprint density at radius 1 is 1.38 bits per heavy atom. The summed E-state index contributed by atoms with van der Waals surface area (Å²) in [5.74, 6) is 0. The molecule has 108 valence electrons. The Kier molecular flexibility index (Phi) is 3.75. The van der Waals surface area contributed by atoms with Crippen LogP contribution in [0.1, 0.15) is 24.4 Å². The number of nitrogens with one attached hydrogen (secondary N) is 1. The summed E-state index contributed by atoms with van der Waals surface area (Å²) in [6.45, 7) is 2.11. The molecule has 1 atom stereocenters. The van der Waals surface area contributed by atoms with Crippen molar-refractivity contribution in [3.05, 3.63) is 57.3 Å². The van der Waals surface area contributed by atoms with E-state index in [-0.39, 0.29) is 11.6 Å². The molecule has 0 aliphatic carbocycles. The maximum Gasteiger partial charge on any atom is 0.252 e. The van der Waals surface area contributed by atoms with E-state index in [1.54, 1.807) is 29.0 Å². The van der Waals surface area contributed by atoms with Crippen molar-refractivity contribution in [2.75, 3.05) is 5.32 Å². The molecule has 0 saturated carbocycles. The van der Waals surface area contributed by atoms with E-state index < -0.39 is 0 Å². The second-order valence-electron chi connectivity index (χ2n) is 4.95.